The topological polar surface area (TPSA) is 98.1 Å². The van der Waals surface area contributed by atoms with Gasteiger partial charge in [-0.1, -0.05) is 36.9 Å². The lowest BCUT2D eigenvalue weighted by Crippen LogP contribution is -2.16. The van der Waals surface area contributed by atoms with Crippen molar-refractivity contribution in [3.63, 3.8) is 0 Å². The summed E-state index contributed by atoms with van der Waals surface area (Å²) in [5.74, 6) is -0.627. The van der Waals surface area contributed by atoms with Crippen LogP contribution in [0.15, 0.2) is 73.3 Å². The Morgan fingerprint density at radius 2 is 1.86 bits per heavy atom. The van der Waals surface area contributed by atoms with Gasteiger partial charge in [0.15, 0.2) is 5.76 Å². The highest BCUT2D eigenvalue weighted by Gasteiger charge is 2.35. The Bertz CT molecular complexity index is 1340. The van der Waals surface area contributed by atoms with E-state index in [0.29, 0.717) is 28.1 Å². The molecule has 5 rings (SSSR count). The minimum atomic E-state index is -0.634. The number of ether oxygens (including phenoxy) is 1. The van der Waals surface area contributed by atoms with Gasteiger partial charge in [0.2, 0.25) is 11.7 Å². The first kappa shape index (κ1) is 16.9. The summed E-state index contributed by atoms with van der Waals surface area (Å²) in [5.41, 5.74) is 9.48. The van der Waals surface area contributed by atoms with Gasteiger partial charge >= 0.3 is 0 Å². The zero-order valence-corrected chi connectivity index (χ0v) is 15.2. The van der Waals surface area contributed by atoms with Crippen molar-refractivity contribution >= 4 is 22.7 Å². The van der Waals surface area contributed by atoms with Crippen LogP contribution in [0.5, 0.6) is 5.75 Å². The highest BCUT2D eigenvalue weighted by Crippen LogP contribution is 2.46. The molecule has 6 heteroatoms. The lowest BCUT2D eigenvalue weighted by Gasteiger charge is -2.15. The maximum Gasteiger partial charge on any atom is 0.249 e. The number of allylic oxidation sites excluding steroid dienone is 1. The van der Waals surface area contributed by atoms with Crippen molar-refractivity contribution in [2.45, 2.75) is 0 Å². The molecule has 0 bridgehead atoms. The third-order valence-corrected chi connectivity index (χ3v) is 5.06. The third-order valence-electron chi connectivity index (χ3n) is 5.06. The second kappa shape index (κ2) is 6.17. The Morgan fingerprint density at radius 1 is 1.07 bits per heavy atom. The molecule has 6 nitrogen and oxygen atoms in total. The van der Waals surface area contributed by atoms with E-state index >= 15 is 0 Å². The number of fused-ring (bicyclic) bond motifs is 2. The summed E-state index contributed by atoms with van der Waals surface area (Å²) in [5, 5.41) is 0.771. The number of nitrogens with two attached hydrogens (primary N) is 1. The molecule has 0 aliphatic carbocycles. The molecule has 1 aliphatic heterocycles. The number of ketones is 1. The number of aromatic amines is 1. The molecule has 0 spiro atoms. The largest absolute Gasteiger partial charge is 0.453 e. The summed E-state index contributed by atoms with van der Waals surface area (Å²) in [4.78, 5) is 32.9. The minimum absolute atomic E-state index is 0.0137. The number of hydrogen-bond acceptors (Lipinski definition) is 4. The maximum absolute atomic E-state index is 12.9. The minimum Gasteiger partial charge on any atom is -0.453 e. The smallest absolute Gasteiger partial charge is 0.249 e. The Morgan fingerprint density at radius 3 is 2.62 bits per heavy atom. The highest BCUT2D eigenvalue weighted by atomic mass is 16.5. The van der Waals surface area contributed by atoms with Crippen LogP contribution < -0.4 is 10.5 Å². The number of hydrogen-bond donors (Lipinski definition) is 2. The monoisotopic (exact) mass is 381 g/mol. The van der Waals surface area contributed by atoms with Crippen LogP contribution in [0.3, 0.4) is 0 Å². The van der Waals surface area contributed by atoms with Crippen LogP contribution in [-0.4, -0.2) is 21.7 Å². The van der Waals surface area contributed by atoms with Crippen LogP contribution in [0, 0.1) is 0 Å². The number of carbonyl (C=O) groups excluding carboxylic acids is 2. The number of rotatable bonds is 3. The van der Waals surface area contributed by atoms with Gasteiger partial charge in [-0.3, -0.25) is 9.59 Å². The molecule has 4 aromatic rings. The number of primary amides is 1. The van der Waals surface area contributed by atoms with Crippen molar-refractivity contribution in [1.82, 2.24) is 9.97 Å². The second-order valence-corrected chi connectivity index (χ2v) is 6.73. The van der Waals surface area contributed by atoms with Gasteiger partial charge in [-0.2, -0.15) is 0 Å². The third kappa shape index (κ3) is 2.46. The van der Waals surface area contributed by atoms with Crippen molar-refractivity contribution in [2.75, 3.05) is 0 Å². The van der Waals surface area contributed by atoms with Crippen molar-refractivity contribution in [1.29, 1.82) is 0 Å². The van der Waals surface area contributed by atoms with Gasteiger partial charge < -0.3 is 15.5 Å². The molecule has 0 atom stereocenters. The quantitative estimate of drug-likeness (QED) is 0.522. The predicted molar refractivity (Wildman–Crippen MR) is 110 cm³/mol. The number of Topliss-reactive ketones (excluding diaryl/α,β-unsaturated/α-hetero) is 1. The number of nitrogens with one attached hydrogen (secondary N) is 1. The van der Waals surface area contributed by atoms with E-state index in [1.165, 1.54) is 0 Å². The van der Waals surface area contributed by atoms with Gasteiger partial charge in [-0.25, -0.2) is 4.98 Å². The summed E-state index contributed by atoms with van der Waals surface area (Å²) in [7, 11) is 0. The Balaban J connectivity index is 1.95. The average Bonchev–Trinajstić information content (AvgIpc) is 3.28. The molecule has 0 saturated heterocycles. The summed E-state index contributed by atoms with van der Waals surface area (Å²) in [6, 6.07) is 14.7. The average molecular weight is 381 g/mol. The Hall–Kier alpha value is -4.19. The van der Waals surface area contributed by atoms with E-state index in [1.807, 2.05) is 36.4 Å². The first-order valence-electron chi connectivity index (χ1n) is 8.96. The fourth-order valence-electron chi connectivity index (χ4n) is 3.82. The van der Waals surface area contributed by atoms with Crippen molar-refractivity contribution in [3.05, 3.63) is 84.4 Å². The number of nitrogens with zero attached hydrogens (tertiary/aromatic N) is 1. The van der Waals surface area contributed by atoms with Crippen molar-refractivity contribution in [3.8, 4) is 28.0 Å². The van der Waals surface area contributed by atoms with Crippen molar-refractivity contribution < 1.29 is 14.3 Å². The lowest BCUT2D eigenvalue weighted by atomic mass is 9.86. The standard InChI is InChI=1S/C23H15N3O3/c1-12-21(27)20-17(29-12)10-15(13-6-3-2-4-7-13)19(22(24)28)18(20)16-11-26-23-14(16)8-5-9-25-23/h2-11H,1H2,(H2,24,28)(H,25,26). The number of benzene rings is 2. The van der Waals surface area contributed by atoms with Gasteiger partial charge in [-0.15, -0.1) is 0 Å². The van der Waals surface area contributed by atoms with Crippen molar-refractivity contribution in [2.24, 2.45) is 5.73 Å². The number of aromatic nitrogens is 2. The van der Waals surface area contributed by atoms with Gasteiger partial charge in [0.25, 0.3) is 0 Å². The molecular weight excluding hydrogens is 366 g/mol. The van der Waals surface area contributed by atoms with Gasteiger partial charge in [0, 0.05) is 28.9 Å². The van der Waals surface area contributed by atoms with E-state index in [-0.39, 0.29) is 22.7 Å². The summed E-state index contributed by atoms with van der Waals surface area (Å²) >= 11 is 0. The second-order valence-electron chi connectivity index (χ2n) is 6.73. The Labute approximate surface area is 165 Å². The number of carbonyl (C=O) groups is 2. The lowest BCUT2D eigenvalue weighted by molar-refractivity contribution is 0.100. The van der Waals surface area contributed by atoms with E-state index in [0.717, 1.165) is 10.9 Å². The fourth-order valence-corrected chi connectivity index (χ4v) is 3.82. The molecule has 3 heterocycles. The van der Waals surface area contributed by atoms with Gasteiger partial charge in [-0.05, 0) is 29.3 Å². The van der Waals surface area contributed by atoms with Gasteiger partial charge in [0.05, 0.1) is 11.1 Å². The van der Waals surface area contributed by atoms with Crippen LogP contribution in [0.25, 0.3) is 33.3 Å². The molecule has 2 aromatic heterocycles. The number of H-pyrrole nitrogens is 1. The molecule has 2 aromatic carbocycles. The predicted octanol–water partition coefficient (Wildman–Crippen LogP) is 4.08. The van der Waals surface area contributed by atoms with E-state index < -0.39 is 5.91 Å². The SMILES string of the molecule is C=C1Oc2cc(-c3ccccc3)c(C(N)=O)c(-c3c[nH]c4ncccc34)c2C1=O. The number of pyridine rings is 1. The zero-order chi connectivity index (χ0) is 20.1. The molecule has 29 heavy (non-hydrogen) atoms. The van der Waals surface area contributed by atoms with Crippen LogP contribution in [0.2, 0.25) is 0 Å². The van der Waals surface area contributed by atoms with E-state index in [1.54, 1.807) is 24.5 Å². The van der Waals surface area contributed by atoms with Crippen LogP contribution in [0.1, 0.15) is 20.7 Å². The molecule has 0 unspecified atom stereocenters. The summed E-state index contributed by atoms with van der Waals surface area (Å²) in [6.45, 7) is 3.70. The molecule has 3 N–H and O–H groups in total. The molecule has 140 valence electrons. The van der Waals surface area contributed by atoms with Crippen LogP contribution in [-0.2, 0) is 0 Å². The zero-order valence-electron chi connectivity index (χ0n) is 15.2. The first-order chi connectivity index (χ1) is 14.1. The molecule has 0 radical (unpaired) electrons. The molecule has 0 fully saturated rings. The molecule has 1 aliphatic rings. The number of amides is 1. The van der Waals surface area contributed by atoms with Crippen LogP contribution in [0.4, 0.5) is 0 Å². The van der Waals surface area contributed by atoms with Crippen LogP contribution >= 0.6 is 0 Å². The first-order valence-corrected chi connectivity index (χ1v) is 8.96. The normalized spacial score (nSPS) is 12.8. The van der Waals surface area contributed by atoms with Gasteiger partial charge in [0.1, 0.15) is 11.4 Å². The van der Waals surface area contributed by atoms with E-state index in [2.05, 4.69) is 16.5 Å². The summed E-state index contributed by atoms with van der Waals surface area (Å²) < 4.78 is 5.64. The van der Waals surface area contributed by atoms with E-state index in [4.69, 9.17) is 10.5 Å². The molecule has 1 amide bonds. The maximum atomic E-state index is 12.9. The fraction of sp³-hybridized carbons (Fsp3) is 0. The molecule has 0 saturated carbocycles. The van der Waals surface area contributed by atoms with E-state index in [9.17, 15) is 9.59 Å². The molecular formula is C23H15N3O3. The summed E-state index contributed by atoms with van der Waals surface area (Å²) in [6.07, 6.45) is 3.39. The Kier molecular flexibility index (Phi) is 3.61. The highest BCUT2D eigenvalue weighted by molar-refractivity contribution is 6.22.